The molecule has 5 nitrogen and oxygen atoms in total. The predicted molar refractivity (Wildman–Crippen MR) is 129 cm³/mol. The number of aryl methyl sites for hydroxylation is 2. The van der Waals surface area contributed by atoms with E-state index >= 15 is 0 Å². The van der Waals surface area contributed by atoms with E-state index in [0.717, 1.165) is 61.1 Å². The lowest BCUT2D eigenvalue weighted by Crippen LogP contribution is -2.37. The van der Waals surface area contributed by atoms with Gasteiger partial charge in [-0.15, -0.1) is 0 Å². The molecule has 1 fully saturated rings. The van der Waals surface area contributed by atoms with E-state index in [-0.39, 0.29) is 11.3 Å². The van der Waals surface area contributed by atoms with Gasteiger partial charge in [-0.1, -0.05) is 18.2 Å². The largest absolute Gasteiger partial charge is 0.307 e. The maximum atomic E-state index is 12.7. The van der Waals surface area contributed by atoms with E-state index in [1.54, 1.807) is 12.3 Å². The number of carbonyl (C=O) groups excluding carboxylic acids is 1. The summed E-state index contributed by atoms with van der Waals surface area (Å²) in [5, 5.41) is 1.16. The van der Waals surface area contributed by atoms with Crippen LogP contribution in [0, 0.1) is 19.8 Å². The van der Waals surface area contributed by atoms with Gasteiger partial charge in [0.1, 0.15) is 5.78 Å². The predicted octanol–water partition coefficient (Wildman–Crippen LogP) is 4.32. The summed E-state index contributed by atoms with van der Waals surface area (Å²) < 4.78 is 1.93. The number of piperidine rings is 1. The highest BCUT2D eigenvalue weighted by atomic mass is 16.1. The quantitative estimate of drug-likeness (QED) is 0.533. The molecular weight excluding hydrogens is 398 g/mol. The molecule has 1 aliphatic heterocycles. The minimum Gasteiger partial charge on any atom is -0.307 e. The summed E-state index contributed by atoms with van der Waals surface area (Å²) in [5.74, 6) is 0.900. The summed E-state index contributed by atoms with van der Waals surface area (Å²) in [4.78, 5) is 31.7. The molecule has 5 heteroatoms. The van der Waals surface area contributed by atoms with Gasteiger partial charge in [0.05, 0.1) is 5.52 Å². The lowest BCUT2D eigenvalue weighted by Gasteiger charge is -2.32. The highest BCUT2D eigenvalue weighted by Gasteiger charge is 2.20. The molecule has 1 saturated heterocycles. The number of hydrogen-bond acceptors (Lipinski definition) is 4. The molecule has 0 aliphatic carbocycles. The number of hydrogen-bond donors (Lipinski definition) is 0. The number of Topliss-reactive ketones (excluding diaryl/α,β-unsaturated/α-hetero) is 1. The molecule has 3 heterocycles. The summed E-state index contributed by atoms with van der Waals surface area (Å²) in [7, 11) is 0. The summed E-state index contributed by atoms with van der Waals surface area (Å²) in [6.07, 6.45) is 6.05. The monoisotopic (exact) mass is 431 g/mol. The number of nitrogens with zero attached hydrogens (tertiary/aromatic N) is 3. The second-order valence-corrected chi connectivity index (χ2v) is 9.20. The van der Waals surface area contributed by atoms with Crippen LogP contribution >= 0.6 is 0 Å². The van der Waals surface area contributed by atoms with Crippen LogP contribution in [-0.4, -0.2) is 39.9 Å². The van der Waals surface area contributed by atoms with Crippen LogP contribution in [-0.2, 0) is 17.8 Å². The third kappa shape index (κ3) is 5.52. The average molecular weight is 432 g/mol. The van der Waals surface area contributed by atoms with Gasteiger partial charge in [0.25, 0.3) is 5.56 Å². The lowest BCUT2D eigenvalue weighted by molar-refractivity contribution is -0.118. The van der Waals surface area contributed by atoms with Crippen LogP contribution in [0.15, 0.2) is 53.5 Å². The van der Waals surface area contributed by atoms with Gasteiger partial charge in [-0.2, -0.15) is 0 Å². The number of fused-ring (bicyclic) bond motifs is 1. The molecule has 0 unspecified atom stereocenters. The molecule has 1 aliphatic rings. The first-order chi connectivity index (χ1) is 15.5. The molecule has 168 valence electrons. The van der Waals surface area contributed by atoms with Crippen LogP contribution in [0.3, 0.4) is 0 Å². The van der Waals surface area contributed by atoms with Crippen molar-refractivity contribution in [3.05, 3.63) is 75.8 Å². The zero-order chi connectivity index (χ0) is 22.5. The molecule has 4 rings (SSSR count). The SMILES string of the molecule is Cc1ccc2c(C)cc(=O)n(CCN3CCC(CCC(=O)Cc4ccccn4)CC3)c2c1. The van der Waals surface area contributed by atoms with Crippen molar-refractivity contribution in [2.24, 2.45) is 5.92 Å². The Kier molecular flexibility index (Phi) is 7.15. The van der Waals surface area contributed by atoms with Crippen molar-refractivity contribution in [1.82, 2.24) is 14.5 Å². The minimum absolute atomic E-state index is 0.0851. The van der Waals surface area contributed by atoms with E-state index in [0.29, 0.717) is 25.3 Å². The Hall–Kier alpha value is -2.79. The number of rotatable bonds is 8. The Morgan fingerprint density at radius 2 is 1.88 bits per heavy atom. The van der Waals surface area contributed by atoms with Crippen molar-refractivity contribution < 1.29 is 4.79 Å². The highest BCUT2D eigenvalue weighted by Crippen LogP contribution is 2.23. The van der Waals surface area contributed by atoms with Crippen LogP contribution in [0.25, 0.3) is 10.9 Å². The molecule has 0 atom stereocenters. The van der Waals surface area contributed by atoms with Crippen LogP contribution in [0.5, 0.6) is 0 Å². The molecule has 0 radical (unpaired) electrons. The van der Waals surface area contributed by atoms with E-state index in [1.165, 1.54) is 5.56 Å². The first-order valence-corrected chi connectivity index (χ1v) is 11.7. The summed E-state index contributed by atoms with van der Waals surface area (Å²) >= 11 is 0. The van der Waals surface area contributed by atoms with Crippen molar-refractivity contribution in [1.29, 1.82) is 0 Å². The van der Waals surface area contributed by atoms with Crippen molar-refractivity contribution in [2.75, 3.05) is 19.6 Å². The Bertz CT molecular complexity index is 1130. The topological polar surface area (TPSA) is 55.2 Å². The van der Waals surface area contributed by atoms with Gasteiger partial charge in [0.15, 0.2) is 0 Å². The van der Waals surface area contributed by atoms with Gasteiger partial charge in [-0.3, -0.25) is 14.6 Å². The molecule has 0 bridgehead atoms. The summed E-state index contributed by atoms with van der Waals surface area (Å²) in [6.45, 7) is 7.76. The molecule has 0 N–H and O–H groups in total. The van der Waals surface area contributed by atoms with E-state index in [1.807, 2.05) is 29.7 Å². The van der Waals surface area contributed by atoms with Crippen LogP contribution in [0.1, 0.15) is 42.5 Å². The number of benzene rings is 1. The smallest absolute Gasteiger partial charge is 0.251 e. The molecule has 2 aromatic heterocycles. The van der Waals surface area contributed by atoms with Gasteiger partial charge < -0.3 is 9.47 Å². The zero-order valence-corrected chi connectivity index (χ0v) is 19.2. The Labute approximate surface area is 190 Å². The number of pyridine rings is 2. The second kappa shape index (κ2) is 10.2. The molecule has 32 heavy (non-hydrogen) atoms. The molecular formula is C27H33N3O2. The lowest BCUT2D eigenvalue weighted by atomic mass is 9.91. The number of likely N-dealkylation sites (tertiary alicyclic amines) is 1. The first-order valence-electron chi connectivity index (χ1n) is 11.7. The van der Waals surface area contributed by atoms with E-state index in [9.17, 15) is 9.59 Å². The van der Waals surface area contributed by atoms with Crippen LogP contribution in [0.2, 0.25) is 0 Å². The highest BCUT2D eigenvalue weighted by molar-refractivity contribution is 5.83. The van der Waals surface area contributed by atoms with E-state index < -0.39 is 0 Å². The molecule has 3 aromatic rings. The third-order valence-corrected chi connectivity index (χ3v) is 6.76. The Morgan fingerprint density at radius 3 is 2.62 bits per heavy atom. The first kappa shape index (κ1) is 22.4. The van der Waals surface area contributed by atoms with Gasteiger partial charge in [0.2, 0.25) is 0 Å². The van der Waals surface area contributed by atoms with E-state index in [4.69, 9.17) is 0 Å². The van der Waals surface area contributed by atoms with Crippen molar-refractivity contribution in [3.8, 4) is 0 Å². The third-order valence-electron chi connectivity index (χ3n) is 6.76. The fourth-order valence-electron chi connectivity index (χ4n) is 4.79. The number of ketones is 1. The van der Waals surface area contributed by atoms with Crippen LogP contribution < -0.4 is 5.56 Å². The Balaban J connectivity index is 1.27. The molecule has 0 spiro atoms. The van der Waals surface area contributed by atoms with Gasteiger partial charge in [-0.25, -0.2) is 0 Å². The number of carbonyl (C=O) groups is 1. The average Bonchev–Trinajstić information content (AvgIpc) is 2.79. The fourth-order valence-corrected chi connectivity index (χ4v) is 4.79. The molecule has 0 saturated carbocycles. The summed E-state index contributed by atoms with van der Waals surface area (Å²) in [6, 6.07) is 13.8. The van der Waals surface area contributed by atoms with Gasteiger partial charge >= 0.3 is 0 Å². The second-order valence-electron chi connectivity index (χ2n) is 9.20. The van der Waals surface area contributed by atoms with E-state index in [2.05, 4.69) is 35.0 Å². The maximum absolute atomic E-state index is 12.7. The van der Waals surface area contributed by atoms with Crippen molar-refractivity contribution in [3.63, 3.8) is 0 Å². The van der Waals surface area contributed by atoms with Gasteiger partial charge in [0, 0.05) is 49.3 Å². The Morgan fingerprint density at radius 1 is 1.06 bits per heavy atom. The minimum atomic E-state index is 0.0851. The normalized spacial score (nSPS) is 15.3. The van der Waals surface area contributed by atoms with Crippen LogP contribution in [0.4, 0.5) is 0 Å². The summed E-state index contributed by atoms with van der Waals surface area (Å²) in [5.41, 5.74) is 4.20. The molecule has 1 aromatic carbocycles. The standard InChI is InChI=1S/C27H33N3O2/c1-20-6-9-25-21(2)18-27(32)30(26(25)17-20)16-15-29-13-10-22(11-14-29)7-8-24(31)19-23-5-3-4-12-28-23/h3-6,9,12,17-18,22H,7-8,10-11,13-16,19H2,1-2H3. The van der Waals surface area contributed by atoms with Crippen molar-refractivity contribution >= 4 is 16.7 Å². The number of aromatic nitrogens is 2. The maximum Gasteiger partial charge on any atom is 0.251 e. The zero-order valence-electron chi connectivity index (χ0n) is 19.2. The van der Waals surface area contributed by atoms with Crippen molar-refractivity contribution in [2.45, 2.75) is 52.5 Å². The molecule has 0 amide bonds. The fraction of sp³-hybridized carbons (Fsp3) is 0.444. The van der Waals surface area contributed by atoms with Gasteiger partial charge in [-0.05, 0) is 81.4 Å².